The lowest BCUT2D eigenvalue weighted by atomic mass is 10.0. The topological polar surface area (TPSA) is 160 Å². The first-order valence-corrected chi connectivity index (χ1v) is 14.6. The summed E-state index contributed by atoms with van der Waals surface area (Å²) in [5, 5.41) is 20.0. The van der Waals surface area contributed by atoms with Crippen LogP contribution in [0.3, 0.4) is 0 Å². The van der Waals surface area contributed by atoms with Crippen LogP contribution in [0.25, 0.3) is 0 Å². The summed E-state index contributed by atoms with van der Waals surface area (Å²) >= 11 is 2.38. The average molecular weight is 608 g/mol. The number of oxime groups is 1. The molecular formula is C28H25N5O7S2. The van der Waals surface area contributed by atoms with Crippen LogP contribution in [-0.2, 0) is 28.8 Å². The van der Waals surface area contributed by atoms with E-state index in [4.69, 9.17) is 9.57 Å². The highest BCUT2D eigenvalue weighted by Crippen LogP contribution is 2.41. The molecule has 5 rings (SSSR count). The highest BCUT2D eigenvalue weighted by atomic mass is 32.2. The number of fused-ring (bicyclic) bond motifs is 1. The van der Waals surface area contributed by atoms with Crippen LogP contribution in [0, 0.1) is 0 Å². The van der Waals surface area contributed by atoms with Gasteiger partial charge in [0.15, 0.2) is 16.9 Å². The van der Waals surface area contributed by atoms with Gasteiger partial charge in [-0.2, -0.15) is 0 Å². The molecule has 0 aliphatic carbocycles. The van der Waals surface area contributed by atoms with Crippen molar-refractivity contribution in [1.82, 2.24) is 15.2 Å². The summed E-state index contributed by atoms with van der Waals surface area (Å²) in [6.45, 7) is -0.447. The van der Waals surface area contributed by atoms with Crippen LogP contribution >= 0.6 is 23.1 Å². The zero-order chi connectivity index (χ0) is 29.6. The number of aliphatic hydroxyl groups excluding tert-OH is 1. The SMILES string of the molecule is CO/N=C(/C(=O)NC1C(=O)N2C(C(=O)OC(c3ccccc3)c3ccccc3)=C(CO)CS[C@H]12)c1csc(NC=O)n1. The Hall–Kier alpha value is -4.53. The van der Waals surface area contributed by atoms with Gasteiger partial charge < -0.3 is 25.3 Å². The number of carbonyl (C=O) groups is 4. The van der Waals surface area contributed by atoms with Gasteiger partial charge in [0.1, 0.15) is 29.9 Å². The van der Waals surface area contributed by atoms with Crippen LogP contribution in [0.1, 0.15) is 22.9 Å². The average Bonchev–Trinajstić information content (AvgIpc) is 3.49. The number of nitrogens with one attached hydrogen (secondary N) is 2. The lowest BCUT2D eigenvalue weighted by Crippen LogP contribution is -2.71. The molecule has 3 aromatic rings. The highest BCUT2D eigenvalue weighted by Gasteiger charge is 2.55. The van der Waals surface area contributed by atoms with E-state index in [1.54, 1.807) is 0 Å². The Morgan fingerprint density at radius 3 is 2.43 bits per heavy atom. The summed E-state index contributed by atoms with van der Waals surface area (Å²) in [6.07, 6.45) is -0.298. The fourth-order valence-corrected chi connectivity index (χ4v) is 6.53. The molecule has 12 nitrogen and oxygen atoms in total. The van der Waals surface area contributed by atoms with Crippen molar-refractivity contribution < 1.29 is 33.9 Å². The normalized spacial score (nSPS) is 18.2. The molecule has 14 heteroatoms. The first-order chi connectivity index (χ1) is 20.5. The van der Waals surface area contributed by atoms with Crippen LogP contribution < -0.4 is 10.6 Å². The van der Waals surface area contributed by atoms with Crippen LogP contribution in [-0.4, -0.2) is 75.8 Å². The number of ether oxygens (including phenoxy) is 1. The first kappa shape index (κ1) is 29.0. The number of thioether (sulfide) groups is 1. The summed E-state index contributed by atoms with van der Waals surface area (Å²) in [7, 11) is 1.26. The van der Waals surface area contributed by atoms with Crippen molar-refractivity contribution in [2.24, 2.45) is 5.16 Å². The largest absolute Gasteiger partial charge is 0.448 e. The maximum absolute atomic E-state index is 13.7. The Kier molecular flexibility index (Phi) is 8.95. The Morgan fingerprint density at radius 1 is 1.17 bits per heavy atom. The van der Waals surface area contributed by atoms with Crippen LogP contribution in [0.5, 0.6) is 0 Å². The van der Waals surface area contributed by atoms with Crippen molar-refractivity contribution in [3.05, 3.63) is 94.1 Å². The van der Waals surface area contributed by atoms with Gasteiger partial charge in [-0.1, -0.05) is 65.8 Å². The predicted molar refractivity (Wildman–Crippen MR) is 155 cm³/mol. The molecule has 1 aromatic heterocycles. The van der Waals surface area contributed by atoms with Crippen molar-refractivity contribution in [1.29, 1.82) is 0 Å². The Bertz CT molecular complexity index is 1500. The number of thiazole rings is 1. The molecule has 216 valence electrons. The van der Waals surface area contributed by atoms with Gasteiger partial charge in [0, 0.05) is 11.1 Å². The third kappa shape index (κ3) is 5.77. The number of amides is 3. The number of anilines is 1. The number of hydrogen-bond donors (Lipinski definition) is 3. The molecular weight excluding hydrogens is 582 g/mol. The van der Waals surface area contributed by atoms with E-state index in [1.807, 2.05) is 60.7 Å². The van der Waals surface area contributed by atoms with E-state index in [9.17, 15) is 24.3 Å². The van der Waals surface area contributed by atoms with E-state index in [-0.39, 0.29) is 28.0 Å². The number of esters is 1. The summed E-state index contributed by atoms with van der Waals surface area (Å²) in [4.78, 5) is 61.1. The quantitative estimate of drug-likeness (QED) is 0.0975. The predicted octanol–water partition coefficient (Wildman–Crippen LogP) is 2.04. The molecule has 1 saturated heterocycles. The lowest BCUT2D eigenvalue weighted by Gasteiger charge is -2.49. The molecule has 2 aliphatic heterocycles. The van der Waals surface area contributed by atoms with E-state index in [2.05, 4.69) is 20.8 Å². The maximum Gasteiger partial charge on any atom is 0.356 e. The minimum absolute atomic E-state index is 0.0385. The minimum atomic E-state index is -0.988. The van der Waals surface area contributed by atoms with E-state index in [1.165, 1.54) is 29.2 Å². The molecule has 0 radical (unpaired) electrons. The molecule has 2 atom stereocenters. The Labute approximate surface area is 248 Å². The molecule has 1 fully saturated rings. The number of aromatic nitrogens is 1. The lowest BCUT2D eigenvalue weighted by molar-refractivity contribution is -0.154. The zero-order valence-electron chi connectivity index (χ0n) is 22.1. The van der Waals surface area contributed by atoms with Gasteiger partial charge in [0.05, 0.1) is 6.61 Å². The zero-order valence-corrected chi connectivity index (χ0v) is 23.8. The van der Waals surface area contributed by atoms with Gasteiger partial charge in [0.25, 0.3) is 11.8 Å². The smallest absolute Gasteiger partial charge is 0.356 e. The summed E-state index contributed by atoms with van der Waals surface area (Å²) in [5.74, 6) is -1.80. The molecule has 0 spiro atoms. The van der Waals surface area contributed by atoms with E-state index in [0.717, 1.165) is 22.5 Å². The van der Waals surface area contributed by atoms with Crippen LogP contribution in [0.4, 0.5) is 5.13 Å². The van der Waals surface area contributed by atoms with Gasteiger partial charge in [-0.3, -0.25) is 19.3 Å². The number of nitrogens with zero attached hydrogens (tertiary/aromatic N) is 3. The van der Waals surface area contributed by atoms with Crippen molar-refractivity contribution in [3.63, 3.8) is 0 Å². The molecule has 3 amide bonds. The van der Waals surface area contributed by atoms with Crippen LogP contribution in [0.15, 0.2) is 82.5 Å². The highest BCUT2D eigenvalue weighted by molar-refractivity contribution is 8.00. The third-order valence-electron chi connectivity index (χ3n) is 6.47. The van der Waals surface area contributed by atoms with Gasteiger partial charge in [-0.05, 0) is 16.7 Å². The van der Waals surface area contributed by atoms with Crippen molar-refractivity contribution in [3.8, 4) is 0 Å². The summed E-state index contributed by atoms with van der Waals surface area (Å²) < 4.78 is 5.99. The minimum Gasteiger partial charge on any atom is -0.448 e. The van der Waals surface area contributed by atoms with E-state index >= 15 is 0 Å². The number of carbonyl (C=O) groups excluding carboxylic acids is 4. The van der Waals surface area contributed by atoms with Gasteiger partial charge in [0.2, 0.25) is 6.41 Å². The van der Waals surface area contributed by atoms with Crippen molar-refractivity contribution >= 4 is 58.1 Å². The van der Waals surface area contributed by atoms with Crippen molar-refractivity contribution in [2.75, 3.05) is 24.8 Å². The van der Waals surface area contributed by atoms with E-state index < -0.39 is 41.9 Å². The fourth-order valence-electron chi connectivity index (χ4n) is 4.54. The molecule has 3 N–H and O–H groups in total. The molecule has 0 saturated carbocycles. The number of β-lactam (4-membered cyclic amide) rings is 1. The van der Waals surface area contributed by atoms with Crippen LogP contribution in [0.2, 0.25) is 0 Å². The first-order valence-electron chi connectivity index (χ1n) is 12.6. The molecule has 1 unspecified atom stereocenters. The second kappa shape index (κ2) is 13.0. The maximum atomic E-state index is 13.7. The molecule has 3 heterocycles. The van der Waals surface area contributed by atoms with Gasteiger partial charge in [-0.25, -0.2) is 9.78 Å². The molecule has 2 aromatic carbocycles. The molecule has 42 heavy (non-hydrogen) atoms. The Morgan fingerprint density at radius 2 is 1.83 bits per heavy atom. The standard InChI is InChI=1S/C28H25N5O7S2/c1-39-32-20(19-14-42-28(30-19)29-15-35)24(36)31-21-25(37)33-22(18(12-34)13-41-26(21)33)27(38)40-23(16-8-4-2-5-9-16)17-10-6-3-7-11-17/h2-11,14-15,21,23,26,34H,12-13H2,1H3,(H,31,36)(H,29,30,35)/b32-20+/t21?,26-/m1/s1. The number of benzene rings is 2. The Balaban J connectivity index is 1.36. The monoisotopic (exact) mass is 607 g/mol. The number of rotatable bonds is 11. The fraction of sp³-hybridized carbons (Fsp3) is 0.214. The number of hydrogen-bond acceptors (Lipinski definition) is 11. The second-order valence-electron chi connectivity index (χ2n) is 9.00. The number of aliphatic hydroxyl groups is 1. The third-order valence-corrected chi connectivity index (χ3v) is 8.59. The van der Waals surface area contributed by atoms with Gasteiger partial charge >= 0.3 is 5.97 Å². The van der Waals surface area contributed by atoms with E-state index in [0.29, 0.717) is 12.0 Å². The molecule has 0 bridgehead atoms. The summed E-state index contributed by atoms with van der Waals surface area (Å²) in [5.41, 5.74) is 1.73. The van der Waals surface area contributed by atoms with Crippen molar-refractivity contribution in [2.45, 2.75) is 17.5 Å². The second-order valence-corrected chi connectivity index (χ2v) is 11.0. The summed E-state index contributed by atoms with van der Waals surface area (Å²) in [6, 6.07) is 17.4. The van der Waals surface area contributed by atoms with Gasteiger partial charge in [-0.15, -0.1) is 23.1 Å². The molecule has 2 aliphatic rings.